The first-order valence-corrected chi connectivity index (χ1v) is 8.08. The smallest absolute Gasteiger partial charge is 0.0401 e. The van der Waals surface area contributed by atoms with Crippen LogP contribution in [-0.2, 0) is 6.42 Å². The van der Waals surface area contributed by atoms with E-state index in [1.54, 1.807) is 0 Å². The lowest BCUT2D eigenvalue weighted by Gasteiger charge is -2.38. The van der Waals surface area contributed by atoms with Gasteiger partial charge in [-0.05, 0) is 62.6 Å². The molecule has 1 heterocycles. The van der Waals surface area contributed by atoms with Gasteiger partial charge in [0.15, 0.2) is 0 Å². The van der Waals surface area contributed by atoms with Gasteiger partial charge in [-0.15, -0.1) is 0 Å². The van der Waals surface area contributed by atoms with Gasteiger partial charge in [0.25, 0.3) is 0 Å². The van der Waals surface area contributed by atoms with Gasteiger partial charge in [0.1, 0.15) is 0 Å². The molecular weight excluding hydrogens is 244 g/mol. The average Bonchev–Trinajstić information content (AvgIpc) is 2.41. The maximum absolute atomic E-state index is 5.70. The lowest BCUT2D eigenvalue weighted by Crippen LogP contribution is -2.38. The fourth-order valence-corrected chi connectivity index (χ4v) is 3.34. The average molecular weight is 274 g/mol. The van der Waals surface area contributed by atoms with Crippen LogP contribution in [-0.4, -0.2) is 19.1 Å². The molecule has 0 saturated heterocycles. The van der Waals surface area contributed by atoms with E-state index < -0.39 is 0 Å². The Labute approximate surface area is 124 Å². The summed E-state index contributed by atoms with van der Waals surface area (Å²) in [7, 11) is 0. The number of nitrogens with two attached hydrogens (primary N) is 1. The van der Waals surface area contributed by atoms with E-state index >= 15 is 0 Å². The molecule has 0 aromatic heterocycles. The lowest BCUT2D eigenvalue weighted by atomic mass is 9.84. The normalized spacial score (nSPS) is 19.0. The molecule has 1 atom stereocenters. The molecule has 2 N–H and O–H groups in total. The van der Waals surface area contributed by atoms with E-state index in [9.17, 15) is 0 Å². The zero-order valence-corrected chi connectivity index (χ0v) is 13.4. The molecule has 2 rings (SSSR count). The van der Waals surface area contributed by atoms with Crippen molar-refractivity contribution in [2.45, 2.75) is 58.9 Å². The standard InChI is InChI=1S/C18H30N2/c1-15-9-10-16-7-4-5-8-17(16)20(15)14-6-11-18(2,3)12-13-19/h4-5,7-8,15H,6,9-14,19H2,1-3H3. The van der Waals surface area contributed by atoms with E-state index in [1.807, 2.05) is 0 Å². The molecule has 1 aliphatic heterocycles. The van der Waals surface area contributed by atoms with Crippen LogP contribution in [0, 0.1) is 5.41 Å². The molecule has 1 aliphatic rings. The number of rotatable bonds is 6. The van der Waals surface area contributed by atoms with E-state index in [-0.39, 0.29) is 0 Å². The van der Waals surface area contributed by atoms with Crippen molar-refractivity contribution in [3.8, 4) is 0 Å². The number of hydrogen-bond acceptors (Lipinski definition) is 2. The molecule has 1 unspecified atom stereocenters. The van der Waals surface area contributed by atoms with Gasteiger partial charge in [-0.3, -0.25) is 0 Å². The number of hydrogen-bond donors (Lipinski definition) is 1. The summed E-state index contributed by atoms with van der Waals surface area (Å²) >= 11 is 0. The zero-order chi connectivity index (χ0) is 14.6. The highest BCUT2D eigenvalue weighted by Crippen LogP contribution is 2.32. The minimum absolute atomic E-state index is 0.382. The van der Waals surface area contributed by atoms with Crippen molar-refractivity contribution in [3.05, 3.63) is 29.8 Å². The van der Waals surface area contributed by atoms with E-state index in [0.29, 0.717) is 11.5 Å². The molecule has 0 saturated carbocycles. The van der Waals surface area contributed by atoms with Crippen LogP contribution >= 0.6 is 0 Å². The molecule has 112 valence electrons. The molecule has 0 fully saturated rings. The topological polar surface area (TPSA) is 29.3 Å². The predicted octanol–water partition coefficient (Wildman–Crippen LogP) is 3.98. The van der Waals surface area contributed by atoms with Crippen LogP contribution in [0.3, 0.4) is 0 Å². The number of nitrogens with zero attached hydrogens (tertiary/aromatic N) is 1. The first-order valence-electron chi connectivity index (χ1n) is 8.08. The highest BCUT2D eigenvalue weighted by molar-refractivity contribution is 5.56. The first-order chi connectivity index (χ1) is 9.53. The van der Waals surface area contributed by atoms with E-state index in [4.69, 9.17) is 5.73 Å². The number of aryl methyl sites for hydroxylation is 1. The Kier molecular flexibility index (Phi) is 5.09. The van der Waals surface area contributed by atoms with Gasteiger partial charge in [0.05, 0.1) is 0 Å². The highest BCUT2D eigenvalue weighted by atomic mass is 15.2. The first kappa shape index (κ1) is 15.4. The van der Waals surface area contributed by atoms with Crippen LogP contribution in [0.1, 0.15) is 52.0 Å². The summed E-state index contributed by atoms with van der Waals surface area (Å²) in [6.07, 6.45) is 6.15. The van der Waals surface area contributed by atoms with Crippen molar-refractivity contribution >= 4 is 5.69 Å². The SMILES string of the molecule is CC1CCc2ccccc2N1CCCC(C)(C)CCN. The second-order valence-electron chi connectivity index (χ2n) is 7.02. The maximum Gasteiger partial charge on any atom is 0.0401 e. The summed E-state index contributed by atoms with van der Waals surface area (Å²) in [5, 5.41) is 0. The molecule has 0 spiro atoms. The maximum atomic E-state index is 5.70. The van der Waals surface area contributed by atoms with Crippen molar-refractivity contribution in [1.82, 2.24) is 0 Å². The summed E-state index contributed by atoms with van der Waals surface area (Å²) in [5.41, 5.74) is 9.07. The van der Waals surface area contributed by atoms with E-state index in [2.05, 4.69) is 49.9 Å². The number of benzene rings is 1. The summed E-state index contributed by atoms with van der Waals surface area (Å²) in [5.74, 6) is 0. The highest BCUT2D eigenvalue weighted by Gasteiger charge is 2.23. The Morgan fingerprint density at radius 2 is 2.00 bits per heavy atom. The Morgan fingerprint density at radius 3 is 2.75 bits per heavy atom. The van der Waals surface area contributed by atoms with Gasteiger partial charge < -0.3 is 10.6 Å². The molecule has 2 nitrogen and oxygen atoms in total. The van der Waals surface area contributed by atoms with E-state index in [0.717, 1.165) is 13.0 Å². The van der Waals surface area contributed by atoms with Gasteiger partial charge in [0, 0.05) is 18.3 Å². The summed E-state index contributed by atoms with van der Waals surface area (Å²) in [4.78, 5) is 2.61. The van der Waals surface area contributed by atoms with Gasteiger partial charge >= 0.3 is 0 Å². The van der Waals surface area contributed by atoms with Crippen LogP contribution in [0.5, 0.6) is 0 Å². The lowest BCUT2D eigenvalue weighted by molar-refractivity contribution is 0.303. The molecule has 1 aromatic rings. The molecule has 0 aliphatic carbocycles. The quantitative estimate of drug-likeness (QED) is 0.850. The monoisotopic (exact) mass is 274 g/mol. The van der Waals surface area contributed by atoms with Crippen LogP contribution < -0.4 is 10.6 Å². The van der Waals surface area contributed by atoms with Crippen LogP contribution in [0.2, 0.25) is 0 Å². The van der Waals surface area contributed by atoms with Crippen LogP contribution in [0.15, 0.2) is 24.3 Å². The predicted molar refractivity (Wildman–Crippen MR) is 88.3 cm³/mol. The van der Waals surface area contributed by atoms with Gasteiger partial charge in [-0.1, -0.05) is 32.0 Å². The fourth-order valence-electron chi connectivity index (χ4n) is 3.34. The van der Waals surface area contributed by atoms with Crippen molar-refractivity contribution in [1.29, 1.82) is 0 Å². The second-order valence-corrected chi connectivity index (χ2v) is 7.02. The molecule has 1 aromatic carbocycles. The van der Waals surface area contributed by atoms with Crippen LogP contribution in [0.4, 0.5) is 5.69 Å². The summed E-state index contributed by atoms with van der Waals surface area (Å²) in [6.45, 7) is 9.02. The fraction of sp³-hybridized carbons (Fsp3) is 0.667. The Morgan fingerprint density at radius 1 is 1.25 bits per heavy atom. The molecule has 0 amide bonds. The Balaban J connectivity index is 1.95. The minimum atomic E-state index is 0.382. The third-order valence-electron chi connectivity index (χ3n) is 4.74. The second kappa shape index (κ2) is 6.62. The minimum Gasteiger partial charge on any atom is -0.369 e. The molecule has 2 heteroatoms. The number of para-hydroxylation sites is 1. The molecule has 0 radical (unpaired) electrons. The molecular formula is C18H30N2. The van der Waals surface area contributed by atoms with Crippen LogP contribution in [0.25, 0.3) is 0 Å². The zero-order valence-electron chi connectivity index (χ0n) is 13.4. The largest absolute Gasteiger partial charge is 0.369 e. The summed E-state index contributed by atoms with van der Waals surface area (Å²) < 4.78 is 0. The Hall–Kier alpha value is -1.02. The molecule has 0 bridgehead atoms. The van der Waals surface area contributed by atoms with Crippen molar-refractivity contribution in [2.75, 3.05) is 18.0 Å². The Bertz CT molecular complexity index is 425. The van der Waals surface area contributed by atoms with Gasteiger partial charge in [-0.25, -0.2) is 0 Å². The molecule has 20 heavy (non-hydrogen) atoms. The van der Waals surface area contributed by atoms with Crippen molar-refractivity contribution in [3.63, 3.8) is 0 Å². The van der Waals surface area contributed by atoms with Crippen molar-refractivity contribution in [2.24, 2.45) is 11.1 Å². The van der Waals surface area contributed by atoms with Gasteiger partial charge in [0.2, 0.25) is 0 Å². The third kappa shape index (κ3) is 3.76. The van der Waals surface area contributed by atoms with E-state index in [1.165, 1.54) is 43.5 Å². The third-order valence-corrected chi connectivity index (χ3v) is 4.74. The summed E-state index contributed by atoms with van der Waals surface area (Å²) in [6, 6.07) is 9.57. The number of fused-ring (bicyclic) bond motifs is 1. The van der Waals surface area contributed by atoms with Crippen molar-refractivity contribution < 1.29 is 0 Å². The number of anilines is 1. The van der Waals surface area contributed by atoms with Gasteiger partial charge in [-0.2, -0.15) is 0 Å².